The number of amides is 3. The number of rotatable bonds is 7. The highest BCUT2D eigenvalue weighted by molar-refractivity contribution is 7.80. The van der Waals surface area contributed by atoms with Gasteiger partial charge in [0.2, 0.25) is 0 Å². The molecule has 0 spiro atoms. The number of cyclic esters (lactones) is 1. The number of phenols is 1. The number of hydroxylamine groups is 2. The second kappa shape index (κ2) is 13.9. The fraction of sp³-hybridized carbons (Fsp3) is 0.385. The first kappa shape index (κ1) is 31.3. The van der Waals surface area contributed by atoms with E-state index in [2.05, 4.69) is 10.6 Å². The van der Waals surface area contributed by atoms with Crippen LogP contribution in [0.4, 0.5) is 25.0 Å². The first-order valence-electron chi connectivity index (χ1n) is 12.2. The van der Waals surface area contributed by atoms with Crippen molar-refractivity contribution in [1.29, 1.82) is 0 Å². The van der Waals surface area contributed by atoms with E-state index in [-0.39, 0.29) is 74.6 Å². The van der Waals surface area contributed by atoms with E-state index in [0.29, 0.717) is 0 Å². The van der Waals surface area contributed by atoms with Gasteiger partial charge in [-0.3, -0.25) is 19.3 Å². The largest absolute Gasteiger partial charge is 0.507 e. The number of anilines is 2. The van der Waals surface area contributed by atoms with Crippen LogP contribution in [0.25, 0.3) is 0 Å². The van der Waals surface area contributed by atoms with E-state index in [1.165, 1.54) is 24.1 Å². The maximum Gasteiger partial charge on any atom is 0.414 e. The third-order valence-corrected chi connectivity index (χ3v) is 6.48. The predicted octanol–water partition coefficient (Wildman–Crippen LogP) is 2.16. The number of carbonyl (C=O) groups is 3. The summed E-state index contributed by atoms with van der Waals surface area (Å²) in [5, 5.41) is 16.1. The Morgan fingerprint density at radius 2 is 1.85 bits per heavy atom. The predicted molar refractivity (Wildman–Crippen MR) is 149 cm³/mol. The lowest BCUT2D eigenvalue weighted by Crippen LogP contribution is -2.41. The molecule has 2 aliphatic rings. The molecule has 0 aliphatic carbocycles. The normalized spacial score (nSPS) is 16.8. The number of nitrogens with one attached hydrogen (secondary N) is 2. The Morgan fingerprint density at radius 1 is 1.15 bits per heavy atom. The molecule has 2 aromatic rings. The zero-order valence-corrected chi connectivity index (χ0v) is 22.2. The van der Waals surface area contributed by atoms with Crippen LogP contribution in [-0.2, 0) is 19.1 Å². The molecule has 0 unspecified atom stereocenters. The molecule has 3 amide bonds. The van der Waals surface area contributed by atoms with Gasteiger partial charge in [0.15, 0.2) is 11.6 Å². The summed E-state index contributed by atoms with van der Waals surface area (Å²) in [4.78, 5) is 45.1. The molecule has 2 heterocycles. The first-order chi connectivity index (χ1) is 19.2. The number of hydrogen-bond donors (Lipinski definition) is 3. The Labute approximate surface area is 240 Å². The highest BCUT2D eigenvalue weighted by Crippen LogP contribution is 2.31. The van der Waals surface area contributed by atoms with Crippen LogP contribution in [0.3, 0.4) is 0 Å². The smallest absolute Gasteiger partial charge is 0.414 e. The van der Waals surface area contributed by atoms with E-state index in [1.54, 1.807) is 12.1 Å². The van der Waals surface area contributed by atoms with Crippen LogP contribution in [0, 0.1) is 11.6 Å². The highest BCUT2D eigenvalue weighted by Gasteiger charge is 2.34. The molecule has 2 fully saturated rings. The van der Waals surface area contributed by atoms with Gasteiger partial charge >= 0.3 is 6.09 Å². The van der Waals surface area contributed by atoms with Gasteiger partial charge in [-0.1, -0.05) is 19.6 Å². The Hall–Kier alpha value is -4.24. The molecule has 3 N–H and O–H groups in total. The highest BCUT2D eigenvalue weighted by atomic mass is 32.1. The molecule has 2 aromatic carbocycles. The molecule has 1 atom stereocenters. The minimum Gasteiger partial charge on any atom is -0.507 e. The molecule has 41 heavy (non-hydrogen) atoms. The maximum absolute atomic E-state index is 15.2. The quantitative estimate of drug-likeness (QED) is 0.409. The third kappa shape index (κ3) is 7.49. The number of aromatic hydroxyl groups is 1. The lowest BCUT2D eigenvalue weighted by molar-refractivity contribution is -0.180. The molecule has 2 aliphatic heterocycles. The van der Waals surface area contributed by atoms with Gasteiger partial charge < -0.3 is 30.1 Å². The molecule has 0 saturated carbocycles. The maximum atomic E-state index is 15.2. The zero-order chi connectivity index (χ0) is 28.8. The number of halogens is 2. The standard InChI is InChI=1S/C25H27F2N5O7S.CH4/c1-37-24(40)29-12-16-14-31(25(36)39-16)15-10-18(26)22(19(27)11-15)30-6-7-32(38-9-8-30)21(34)13-28-23(35)17-4-2-3-5-20(17)33;/h2-5,10-11,16,33H,6-9,12-14H2,1H3,(H,28,35)(H,29,40);1H4/t16-;/m0./s1. The summed E-state index contributed by atoms with van der Waals surface area (Å²) < 4.78 is 40.4. The van der Waals surface area contributed by atoms with Crippen LogP contribution < -0.4 is 20.4 Å². The van der Waals surface area contributed by atoms with Gasteiger partial charge in [0.05, 0.1) is 51.1 Å². The molecule has 4 rings (SSSR count). The zero-order valence-electron chi connectivity index (χ0n) is 21.4. The number of hydrogen-bond acceptors (Lipinski definition) is 9. The van der Waals surface area contributed by atoms with Gasteiger partial charge in [0.1, 0.15) is 17.5 Å². The Balaban J connectivity index is 0.00000462. The van der Waals surface area contributed by atoms with Crippen LogP contribution in [0.1, 0.15) is 17.8 Å². The molecule has 12 nitrogen and oxygen atoms in total. The van der Waals surface area contributed by atoms with Gasteiger partial charge in [-0.05, 0) is 24.4 Å². The van der Waals surface area contributed by atoms with Crippen molar-refractivity contribution in [3.8, 4) is 5.75 Å². The van der Waals surface area contributed by atoms with E-state index < -0.39 is 42.2 Å². The molecular weight excluding hydrogens is 564 g/mol. The number of benzene rings is 2. The third-order valence-electron chi connectivity index (χ3n) is 6.17. The first-order valence-corrected chi connectivity index (χ1v) is 12.6. The molecule has 222 valence electrons. The van der Waals surface area contributed by atoms with Crippen molar-refractivity contribution in [3.63, 3.8) is 0 Å². The molecule has 15 heteroatoms. The average molecular weight is 596 g/mol. The van der Waals surface area contributed by atoms with Crippen molar-refractivity contribution in [3.05, 3.63) is 53.6 Å². The van der Waals surface area contributed by atoms with Gasteiger partial charge in [-0.15, -0.1) is 0 Å². The Bertz CT molecular complexity index is 1280. The van der Waals surface area contributed by atoms with Crippen molar-refractivity contribution in [2.45, 2.75) is 13.5 Å². The van der Waals surface area contributed by atoms with Crippen molar-refractivity contribution in [1.82, 2.24) is 15.7 Å². The number of carbonyl (C=O) groups excluding carboxylic acids is 3. The minimum atomic E-state index is -0.903. The van der Waals surface area contributed by atoms with E-state index >= 15 is 8.78 Å². The molecule has 0 bridgehead atoms. The summed E-state index contributed by atoms with van der Waals surface area (Å²) in [6.45, 7) is -0.195. The lowest BCUT2D eigenvalue weighted by atomic mass is 10.2. The summed E-state index contributed by atoms with van der Waals surface area (Å²) in [5.41, 5.74) is -0.327. The van der Waals surface area contributed by atoms with Crippen molar-refractivity contribution in [2.24, 2.45) is 0 Å². The second-order valence-corrected chi connectivity index (χ2v) is 9.13. The minimum absolute atomic E-state index is 0. The number of phenolic OH excluding ortho intramolecular Hbond substituents is 1. The molecule has 0 radical (unpaired) electrons. The summed E-state index contributed by atoms with van der Waals surface area (Å²) in [6.07, 6.45) is -1.37. The van der Waals surface area contributed by atoms with E-state index in [1.807, 2.05) is 0 Å². The van der Waals surface area contributed by atoms with Gasteiger partial charge in [0.25, 0.3) is 17.0 Å². The van der Waals surface area contributed by atoms with Crippen LogP contribution in [0.5, 0.6) is 5.75 Å². The van der Waals surface area contributed by atoms with Crippen LogP contribution in [0.15, 0.2) is 36.4 Å². The van der Waals surface area contributed by atoms with Gasteiger partial charge in [-0.2, -0.15) is 0 Å². The average Bonchev–Trinajstić information content (AvgIpc) is 3.14. The monoisotopic (exact) mass is 595 g/mol. The number of thiocarbonyl (C=S) groups is 1. The SMILES string of the molecule is C.COC(=S)NC[C@H]1CN(c2cc(F)c(N3CCON(C(=O)CNC(=O)c4ccccc4O)CC3)c(F)c2)C(=O)O1. The Morgan fingerprint density at radius 3 is 2.54 bits per heavy atom. The summed E-state index contributed by atoms with van der Waals surface area (Å²) in [5.74, 6) is -3.26. The number of methoxy groups -OCH3 is 1. The van der Waals surface area contributed by atoms with Gasteiger partial charge in [-0.25, -0.2) is 18.6 Å². The van der Waals surface area contributed by atoms with E-state index in [9.17, 15) is 19.5 Å². The van der Waals surface area contributed by atoms with Crippen molar-refractivity contribution >= 4 is 46.7 Å². The fourth-order valence-corrected chi connectivity index (χ4v) is 4.28. The molecule has 2 saturated heterocycles. The number of para-hydroxylation sites is 1. The van der Waals surface area contributed by atoms with Gasteiger partial charge in [0, 0.05) is 25.2 Å². The molecular formula is C26H31F2N5O7S. The molecule has 0 aromatic heterocycles. The Kier molecular flexibility index (Phi) is 10.6. The van der Waals surface area contributed by atoms with E-state index in [0.717, 1.165) is 22.1 Å². The number of ether oxygens (including phenoxy) is 2. The van der Waals surface area contributed by atoms with Crippen molar-refractivity contribution < 1.29 is 42.6 Å². The second-order valence-electron chi connectivity index (χ2n) is 8.76. The fourth-order valence-electron chi connectivity index (χ4n) is 4.19. The van der Waals surface area contributed by atoms with Crippen LogP contribution in [0.2, 0.25) is 0 Å². The summed E-state index contributed by atoms with van der Waals surface area (Å²) in [6, 6.07) is 7.96. The van der Waals surface area contributed by atoms with Crippen molar-refractivity contribution in [2.75, 3.05) is 62.8 Å². The lowest BCUT2D eigenvalue weighted by Gasteiger charge is -2.24. The summed E-state index contributed by atoms with van der Waals surface area (Å²) >= 11 is 4.88. The summed E-state index contributed by atoms with van der Waals surface area (Å²) in [7, 11) is 1.39. The topological polar surface area (TPSA) is 133 Å². The number of nitrogens with zero attached hydrogens (tertiary/aromatic N) is 3. The van der Waals surface area contributed by atoms with Crippen LogP contribution in [-0.4, -0.2) is 92.3 Å². The van der Waals surface area contributed by atoms with Crippen LogP contribution >= 0.6 is 12.2 Å². The van der Waals surface area contributed by atoms with E-state index in [4.69, 9.17) is 26.5 Å².